The van der Waals surface area contributed by atoms with Crippen molar-refractivity contribution in [2.75, 3.05) is 20.0 Å². The second-order valence-electron chi connectivity index (χ2n) is 5.02. The van der Waals surface area contributed by atoms with E-state index in [0.717, 1.165) is 16.8 Å². The Bertz CT molecular complexity index is 844. The van der Waals surface area contributed by atoms with Crippen LogP contribution in [0.15, 0.2) is 36.4 Å². The number of ether oxygens (including phenoxy) is 2. The maximum Gasteiger partial charge on any atom is 0.187 e. The fraction of sp³-hybridized carbons (Fsp3) is 0.188. The van der Waals surface area contributed by atoms with E-state index in [1.165, 1.54) is 0 Å². The molecular weight excluding hydrogens is 294 g/mol. The minimum absolute atomic E-state index is 0.601. The summed E-state index contributed by atoms with van der Waals surface area (Å²) in [6, 6.07) is 11.2. The van der Waals surface area contributed by atoms with Crippen LogP contribution in [0.1, 0.15) is 5.56 Å². The van der Waals surface area contributed by atoms with E-state index in [-0.39, 0.29) is 0 Å². The summed E-state index contributed by atoms with van der Waals surface area (Å²) in [5, 5.41) is 11.9. The van der Waals surface area contributed by atoms with Crippen LogP contribution in [0.5, 0.6) is 11.5 Å². The van der Waals surface area contributed by atoms with Crippen LogP contribution in [0.2, 0.25) is 0 Å². The lowest BCUT2D eigenvalue weighted by molar-refractivity contribution is 0.354. The molecule has 0 aliphatic carbocycles. The Morgan fingerprint density at radius 3 is 2.48 bits per heavy atom. The van der Waals surface area contributed by atoms with Crippen LogP contribution in [0.4, 0.5) is 5.69 Å². The first-order valence-electron chi connectivity index (χ1n) is 7.01. The van der Waals surface area contributed by atoms with Gasteiger partial charge in [0.05, 0.1) is 19.9 Å². The molecule has 0 aliphatic heterocycles. The maximum absolute atomic E-state index is 5.98. The number of anilines is 1. The molecule has 2 N–H and O–H groups in total. The molecule has 7 heteroatoms. The molecule has 3 rings (SSSR count). The topological polar surface area (TPSA) is 88.1 Å². The number of hydrogen-bond donors (Lipinski definition) is 1. The van der Waals surface area contributed by atoms with Crippen molar-refractivity contribution in [3.8, 4) is 28.6 Å². The summed E-state index contributed by atoms with van der Waals surface area (Å²) in [5.41, 5.74) is 9.30. The molecule has 23 heavy (non-hydrogen) atoms. The minimum Gasteiger partial charge on any atom is -0.493 e. The molecule has 1 heterocycles. The lowest BCUT2D eigenvalue weighted by atomic mass is 10.1. The van der Waals surface area contributed by atoms with Crippen LogP contribution in [0, 0.1) is 6.92 Å². The van der Waals surface area contributed by atoms with Gasteiger partial charge in [-0.05, 0) is 41.1 Å². The molecule has 3 aromatic rings. The first kappa shape index (κ1) is 14.8. The number of nitrogen functional groups attached to an aromatic ring is 1. The third-order valence-electron chi connectivity index (χ3n) is 3.62. The molecule has 118 valence electrons. The molecule has 0 radical (unpaired) electrons. The van der Waals surface area contributed by atoms with Crippen LogP contribution >= 0.6 is 0 Å². The predicted molar refractivity (Wildman–Crippen MR) is 86.8 cm³/mol. The minimum atomic E-state index is 0.601. The van der Waals surface area contributed by atoms with E-state index < -0.39 is 0 Å². The highest BCUT2D eigenvalue weighted by atomic mass is 16.5. The molecule has 7 nitrogen and oxygen atoms in total. The smallest absolute Gasteiger partial charge is 0.187 e. The quantitative estimate of drug-likeness (QED) is 0.743. The zero-order valence-corrected chi connectivity index (χ0v) is 13.1. The molecule has 1 aromatic heterocycles. The standard InChI is InChI=1S/C16H17N5O2/c1-10-4-5-11(8-13(10)17)16-18-19-20-21(16)12-6-7-14(22-2)15(9-12)23-3/h4-9H,17H2,1-3H3. The van der Waals surface area contributed by atoms with Crippen molar-refractivity contribution >= 4 is 5.69 Å². The third kappa shape index (κ3) is 2.68. The van der Waals surface area contributed by atoms with Gasteiger partial charge in [-0.2, -0.15) is 4.68 Å². The summed E-state index contributed by atoms with van der Waals surface area (Å²) >= 11 is 0. The number of hydrogen-bond acceptors (Lipinski definition) is 6. The van der Waals surface area contributed by atoms with Crippen molar-refractivity contribution in [2.45, 2.75) is 6.92 Å². The van der Waals surface area contributed by atoms with Crippen molar-refractivity contribution in [1.82, 2.24) is 20.2 Å². The number of nitrogens with two attached hydrogens (primary N) is 1. The van der Waals surface area contributed by atoms with E-state index in [4.69, 9.17) is 15.2 Å². The van der Waals surface area contributed by atoms with Gasteiger partial charge in [-0.25, -0.2) is 0 Å². The van der Waals surface area contributed by atoms with E-state index in [1.807, 2.05) is 43.3 Å². The first-order valence-corrected chi connectivity index (χ1v) is 7.01. The molecule has 0 atom stereocenters. The van der Waals surface area contributed by atoms with E-state index in [9.17, 15) is 0 Å². The van der Waals surface area contributed by atoms with Gasteiger partial charge in [-0.3, -0.25) is 0 Å². The second kappa shape index (κ2) is 5.96. The Morgan fingerprint density at radius 2 is 1.78 bits per heavy atom. The van der Waals surface area contributed by atoms with E-state index >= 15 is 0 Å². The van der Waals surface area contributed by atoms with Crippen LogP contribution < -0.4 is 15.2 Å². The Balaban J connectivity index is 2.09. The molecule has 0 aliphatic rings. The van der Waals surface area contributed by atoms with Crippen molar-refractivity contribution in [3.05, 3.63) is 42.0 Å². The van der Waals surface area contributed by atoms with Gasteiger partial charge in [0, 0.05) is 17.3 Å². The van der Waals surface area contributed by atoms with Gasteiger partial charge in [0.1, 0.15) is 0 Å². The van der Waals surface area contributed by atoms with Crippen LogP contribution in [0.25, 0.3) is 17.1 Å². The van der Waals surface area contributed by atoms with Crippen molar-refractivity contribution in [2.24, 2.45) is 0 Å². The normalized spacial score (nSPS) is 10.6. The van der Waals surface area contributed by atoms with Gasteiger partial charge >= 0.3 is 0 Å². The van der Waals surface area contributed by atoms with Gasteiger partial charge in [-0.15, -0.1) is 5.10 Å². The zero-order valence-electron chi connectivity index (χ0n) is 13.1. The summed E-state index contributed by atoms with van der Waals surface area (Å²) in [6.07, 6.45) is 0. The number of benzene rings is 2. The largest absolute Gasteiger partial charge is 0.493 e. The summed E-state index contributed by atoms with van der Waals surface area (Å²) in [7, 11) is 3.18. The first-order chi connectivity index (χ1) is 11.1. The van der Waals surface area contributed by atoms with Crippen molar-refractivity contribution in [1.29, 1.82) is 0 Å². The highest BCUT2D eigenvalue weighted by Gasteiger charge is 2.14. The summed E-state index contributed by atoms with van der Waals surface area (Å²) < 4.78 is 12.2. The molecule has 0 bridgehead atoms. The highest BCUT2D eigenvalue weighted by Crippen LogP contribution is 2.30. The number of methoxy groups -OCH3 is 2. The summed E-state index contributed by atoms with van der Waals surface area (Å²) in [4.78, 5) is 0. The van der Waals surface area contributed by atoms with Gasteiger partial charge in [0.15, 0.2) is 17.3 Å². The average molecular weight is 311 g/mol. The van der Waals surface area contributed by atoms with Crippen LogP contribution in [-0.2, 0) is 0 Å². The SMILES string of the molecule is COc1ccc(-n2nnnc2-c2ccc(C)c(N)c2)cc1OC. The maximum atomic E-state index is 5.98. The number of aryl methyl sites for hydroxylation is 1. The Hall–Kier alpha value is -3.09. The Morgan fingerprint density at radius 1 is 1.00 bits per heavy atom. The van der Waals surface area contributed by atoms with E-state index in [1.54, 1.807) is 18.9 Å². The van der Waals surface area contributed by atoms with Crippen molar-refractivity contribution < 1.29 is 9.47 Å². The fourth-order valence-corrected chi connectivity index (χ4v) is 2.28. The molecule has 0 saturated heterocycles. The number of nitrogens with zero attached hydrogens (tertiary/aromatic N) is 4. The van der Waals surface area contributed by atoms with Crippen LogP contribution in [0.3, 0.4) is 0 Å². The molecule has 0 fully saturated rings. The van der Waals surface area contributed by atoms with Gasteiger partial charge in [0.2, 0.25) is 0 Å². The molecule has 0 spiro atoms. The molecule has 0 saturated carbocycles. The highest BCUT2D eigenvalue weighted by molar-refractivity contribution is 5.65. The van der Waals surface area contributed by atoms with Gasteiger partial charge < -0.3 is 15.2 Å². The zero-order chi connectivity index (χ0) is 16.4. The molecule has 2 aromatic carbocycles. The van der Waals surface area contributed by atoms with Gasteiger partial charge in [-0.1, -0.05) is 12.1 Å². The monoisotopic (exact) mass is 311 g/mol. The summed E-state index contributed by atoms with van der Waals surface area (Å²) in [6.45, 7) is 1.95. The third-order valence-corrected chi connectivity index (χ3v) is 3.62. The average Bonchev–Trinajstić information content (AvgIpc) is 3.06. The van der Waals surface area contributed by atoms with Gasteiger partial charge in [0.25, 0.3) is 0 Å². The fourth-order valence-electron chi connectivity index (χ4n) is 2.28. The number of aromatic nitrogens is 4. The molecular formula is C16H17N5O2. The Labute approximate surface area is 133 Å². The van der Waals surface area contributed by atoms with E-state index in [2.05, 4.69) is 15.5 Å². The van der Waals surface area contributed by atoms with Crippen LogP contribution in [-0.4, -0.2) is 34.4 Å². The van der Waals surface area contributed by atoms with E-state index in [0.29, 0.717) is 23.0 Å². The van der Waals surface area contributed by atoms with Crippen molar-refractivity contribution in [3.63, 3.8) is 0 Å². The predicted octanol–water partition coefficient (Wildman–Crippen LogP) is 2.24. The molecule has 0 amide bonds. The Kier molecular flexibility index (Phi) is 3.84. The number of rotatable bonds is 4. The lowest BCUT2D eigenvalue weighted by Gasteiger charge is -2.10. The second-order valence-corrected chi connectivity index (χ2v) is 5.02. The molecule has 0 unspecified atom stereocenters. The summed E-state index contributed by atoms with van der Waals surface area (Å²) in [5.74, 6) is 1.85. The lowest BCUT2D eigenvalue weighted by Crippen LogP contribution is -2.02. The number of tetrazole rings is 1.